The summed E-state index contributed by atoms with van der Waals surface area (Å²) in [4.78, 5) is 14.1. The molecule has 1 aliphatic carbocycles. The summed E-state index contributed by atoms with van der Waals surface area (Å²) in [5, 5.41) is 21.1. The van der Waals surface area contributed by atoms with Crippen molar-refractivity contribution in [2.24, 2.45) is 5.92 Å². The van der Waals surface area contributed by atoms with Crippen LogP contribution in [0.1, 0.15) is 19.8 Å². The van der Waals surface area contributed by atoms with E-state index < -0.39 is 12.2 Å². The summed E-state index contributed by atoms with van der Waals surface area (Å²) in [6.45, 7) is 1.57. The lowest BCUT2D eigenvalue weighted by Crippen LogP contribution is -2.56. The van der Waals surface area contributed by atoms with E-state index in [0.29, 0.717) is 12.8 Å². The normalized spacial score (nSPS) is 27.9. The number of hydrogen-bond acceptors (Lipinski definition) is 4. The molecule has 2 aliphatic rings. The van der Waals surface area contributed by atoms with Gasteiger partial charge in [-0.25, -0.2) is 0 Å². The van der Waals surface area contributed by atoms with Gasteiger partial charge in [0.2, 0.25) is 0 Å². The van der Waals surface area contributed by atoms with Crippen LogP contribution in [0.3, 0.4) is 0 Å². The van der Waals surface area contributed by atoms with Crippen molar-refractivity contribution in [3.8, 4) is 0 Å². The molecule has 2 aromatic carbocycles. The summed E-state index contributed by atoms with van der Waals surface area (Å²) in [5.41, 5.74) is 4.16. The van der Waals surface area contributed by atoms with Crippen LogP contribution in [-0.4, -0.2) is 41.5 Å². The van der Waals surface area contributed by atoms with Gasteiger partial charge in [-0.05, 0) is 31.9 Å². The highest BCUT2D eigenvalue weighted by Crippen LogP contribution is 2.36. The van der Waals surface area contributed by atoms with Gasteiger partial charge in [-0.15, -0.1) is 0 Å². The van der Waals surface area contributed by atoms with Crippen molar-refractivity contribution in [1.29, 1.82) is 0 Å². The third-order valence-corrected chi connectivity index (χ3v) is 5.45. The highest BCUT2D eigenvalue weighted by molar-refractivity contribution is 6.71. The molecule has 0 bridgehead atoms. The zero-order valence-corrected chi connectivity index (χ0v) is 14.2. The van der Waals surface area contributed by atoms with Gasteiger partial charge in [-0.1, -0.05) is 47.3 Å². The number of rotatable bonds is 2. The first-order chi connectivity index (χ1) is 12.1. The van der Waals surface area contributed by atoms with Crippen molar-refractivity contribution in [3.63, 3.8) is 0 Å². The molecule has 2 N–H and O–H groups in total. The number of carbonyl (C=O) groups is 1. The fourth-order valence-corrected chi connectivity index (χ4v) is 4.12. The first-order valence-corrected chi connectivity index (χ1v) is 8.75. The molecule has 0 aromatic heterocycles. The molecule has 1 heterocycles. The number of ketones is 1. The van der Waals surface area contributed by atoms with Gasteiger partial charge in [0.25, 0.3) is 0 Å². The number of carbonyl (C=O) groups excluding carboxylic acids is 1. The molecule has 4 unspecified atom stereocenters. The summed E-state index contributed by atoms with van der Waals surface area (Å²) in [6, 6.07) is 15.7. The van der Waals surface area contributed by atoms with Crippen molar-refractivity contribution in [2.45, 2.75) is 38.0 Å². The second-order valence-electron chi connectivity index (χ2n) is 7.04. The van der Waals surface area contributed by atoms with Crippen LogP contribution in [0, 0.1) is 5.92 Å². The van der Waals surface area contributed by atoms with E-state index in [1.165, 1.54) is 0 Å². The van der Waals surface area contributed by atoms with Gasteiger partial charge in [0.1, 0.15) is 11.9 Å². The zero-order valence-electron chi connectivity index (χ0n) is 14.2. The van der Waals surface area contributed by atoms with Crippen LogP contribution in [0.5, 0.6) is 0 Å². The van der Waals surface area contributed by atoms with E-state index in [2.05, 4.69) is 12.2 Å². The molecule has 2 aromatic rings. The maximum Gasteiger partial charge on any atom is 0.196 e. The Kier molecular flexibility index (Phi) is 4.14. The third kappa shape index (κ3) is 2.77. The minimum absolute atomic E-state index is 0.0705. The minimum Gasteiger partial charge on any atom is -0.390 e. The Balaban J connectivity index is 1.82. The Bertz CT molecular complexity index is 764. The van der Waals surface area contributed by atoms with E-state index in [0.717, 1.165) is 22.3 Å². The Morgan fingerprint density at radius 2 is 1.56 bits per heavy atom. The Labute approximate surface area is 148 Å². The van der Waals surface area contributed by atoms with Crippen LogP contribution >= 0.6 is 0 Å². The van der Waals surface area contributed by atoms with Crippen LogP contribution in [0.2, 0.25) is 0 Å². The Hall–Kier alpha value is -2.11. The fraction of sp³-hybridized carbons (Fsp3) is 0.350. The number of aliphatic hydroxyl groups excluding tert-OH is 2. The number of Topliss-reactive ketones (excluding diaryl/α,β-unsaturated/α-hetero) is 1. The molecule has 0 amide bonds. The largest absolute Gasteiger partial charge is 0.390 e. The molecule has 0 spiro atoms. The summed E-state index contributed by atoms with van der Waals surface area (Å²) >= 11 is 0. The van der Waals surface area contributed by atoms with Crippen LogP contribution in [0.15, 0.2) is 48.5 Å². The van der Waals surface area contributed by atoms with Crippen LogP contribution in [-0.2, 0) is 4.79 Å². The number of nitrogens with zero attached hydrogens (tertiary/aromatic N) is 1. The molecule has 1 radical (unpaired) electrons. The molecule has 1 aliphatic heterocycles. The molecule has 4 rings (SSSR count). The molecule has 25 heavy (non-hydrogen) atoms. The molecule has 4 atom stereocenters. The van der Waals surface area contributed by atoms with Gasteiger partial charge >= 0.3 is 0 Å². The summed E-state index contributed by atoms with van der Waals surface area (Å²) < 4.78 is 0. The summed E-state index contributed by atoms with van der Waals surface area (Å²) in [5.74, 6) is -0.158. The molecular formula is C20H21BNO3. The third-order valence-electron chi connectivity index (χ3n) is 5.45. The Morgan fingerprint density at radius 1 is 1.00 bits per heavy atom. The number of fused-ring (bicyclic) bond motifs is 2. The molecule has 4 nitrogen and oxygen atoms in total. The maximum atomic E-state index is 12.0. The highest BCUT2D eigenvalue weighted by Gasteiger charge is 2.42. The highest BCUT2D eigenvalue weighted by atomic mass is 16.3. The smallest absolute Gasteiger partial charge is 0.196 e. The van der Waals surface area contributed by atoms with E-state index in [-0.39, 0.29) is 17.7 Å². The van der Waals surface area contributed by atoms with Gasteiger partial charge in [0.05, 0.1) is 12.1 Å². The standard InChI is InChI=1S/C20H21BNO3/c1-12(23)13-10-18(20(25)19(24)11-13)22-16-8-4-2-6-14(16)21-15-7-3-5-9-17(15)22/h2-9,13,18-20,24-25H,10-11H2,1H3. The van der Waals surface area contributed by atoms with E-state index >= 15 is 0 Å². The molecule has 1 fully saturated rings. The molecule has 0 saturated heterocycles. The summed E-state index contributed by atoms with van der Waals surface area (Å²) in [6.07, 6.45) is -0.917. The quantitative estimate of drug-likeness (QED) is 0.801. The number of aliphatic hydroxyl groups is 2. The summed E-state index contributed by atoms with van der Waals surface area (Å²) in [7, 11) is 2.13. The first kappa shape index (κ1) is 16.4. The molecule has 127 valence electrons. The lowest BCUT2D eigenvalue weighted by atomic mass is 9.60. The molecule has 1 saturated carbocycles. The predicted octanol–water partition coefficient (Wildman–Crippen LogP) is 0.882. The van der Waals surface area contributed by atoms with Crippen LogP contribution < -0.4 is 15.8 Å². The van der Waals surface area contributed by atoms with Crippen molar-refractivity contribution >= 4 is 35.4 Å². The second kappa shape index (κ2) is 6.32. The van der Waals surface area contributed by atoms with Crippen molar-refractivity contribution in [2.75, 3.05) is 4.90 Å². The van der Waals surface area contributed by atoms with Gasteiger partial charge in [-0.2, -0.15) is 0 Å². The van der Waals surface area contributed by atoms with Gasteiger partial charge in [-0.3, -0.25) is 4.79 Å². The fourth-order valence-electron chi connectivity index (χ4n) is 4.12. The average molecular weight is 334 g/mol. The predicted molar refractivity (Wildman–Crippen MR) is 99.3 cm³/mol. The lowest BCUT2D eigenvalue weighted by Gasteiger charge is -2.46. The van der Waals surface area contributed by atoms with Crippen molar-refractivity contribution in [1.82, 2.24) is 0 Å². The number of benzene rings is 2. The van der Waals surface area contributed by atoms with Gasteiger partial charge in [0.15, 0.2) is 7.28 Å². The molecule has 5 heteroatoms. The van der Waals surface area contributed by atoms with Crippen LogP contribution in [0.4, 0.5) is 11.4 Å². The number of para-hydroxylation sites is 2. The topological polar surface area (TPSA) is 60.8 Å². The van der Waals surface area contributed by atoms with E-state index in [1.807, 2.05) is 48.5 Å². The van der Waals surface area contributed by atoms with Gasteiger partial charge in [0, 0.05) is 17.3 Å². The Morgan fingerprint density at radius 3 is 2.12 bits per heavy atom. The average Bonchev–Trinajstić information content (AvgIpc) is 2.62. The second-order valence-corrected chi connectivity index (χ2v) is 7.04. The number of hydrogen-bond donors (Lipinski definition) is 2. The van der Waals surface area contributed by atoms with Crippen LogP contribution in [0.25, 0.3) is 0 Å². The molecular weight excluding hydrogens is 313 g/mol. The zero-order chi connectivity index (χ0) is 17.6. The maximum absolute atomic E-state index is 12.0. The van der Waals surface area contributed by atoms with E-state index in [1.54, 1.807) is 6.92 Å². The number of anilines is 2. The van der Waals surface area contributed by atoms with E-state index in [9.17, 15) is 15.0 Å². The lowest BCUT2D eigenvalue weighted by molar-refractivity contribution is -0.125. The van der Waals surface area contributed by atoms with E-state index in [4.69, 9.17) is 0 Å². The first-order valence-electron chi connectivity index (χ1n) is 8.75. The monoisotopic (exact) mass is 334 g/mol. The SMILES string of the molecule is CC(=O)C1CC(O)C(O)C(N2c3ccccc3[B]c3ccccc32)C1. The van der Waals surface area contributed by atoms with Crippen molar-refractivity contribution < 1.29 is 15.0 Å². The van der Waals surface area contributed by atoms with Crippen molar-refractivity contribution in [3.05, 3.63) is 48.5 Å². The minimum atomic E-state index is -0.894. The van der Waals surface area contributed by atoms with Gasteiger partial charge < -0.3 is 15.1 Å².